The zero-order valence-electron chi connectivity index (χ0n) is 11.9. The van der Waals surface area contributed by atoms with Crippen molar-refractivity contribution in [3.8, 4) is 17.0 Å². The van der Waals surface area contributed by atoms with E-state index in [1.165, 1.54) is 0 Å². The van der Waals surface area contributed by atoms with Gasteiger partial charge >= 0.3 is 0 Å². The number of aldehydes is 1. The number of rotatable bonds is 4. The highest BCUT2D eigenvalue weighted by Gasteiger charge is 2.21. The predicted octanol–water partition coefficient (Wildman–Crippen LogP) is 2.04. The van der Waals surface area contributed by atoms with E-state index in [0.29, 0.717) is 11.3 Å². The number of carbonyl (C=O) groups is 1. The van der Waals surface area contributed by atoms with E-state index in [2.05, 4.69) is 22.1 Å². The molecule has 1 aliphatic rings. The number of likely N-dealkylation sites (N-methyl/N-ethyl adjacent to an activating group) is 1. The fraction of sp³-hybridized carbons (Fsp3) is 0.312. The second-order valence-electron chi connectivity index (χ2n) is 5.31. The van der Waals surface area contributed by atoms with Crippen molar-refractivity contribution in [2.24, 2.45) is 0 Å². The lowest BCUT2D eigenvalue weighted by molar-refractivity contribution is 0.112. The van der Waals surface area contributed by atoms with Crippen molar-refractivity contribution < 1.29 is 9.53 Å². The quantitative estimate of drug-likeness (QED) is 0.804. The molecule has 0 radical (unpaired) electrons. The van der Waals surface area contributed by atoms with E-state index in [-0.39, 0.29) is 6.10 Å². The second kappa shape index (κ2) is 6.01. The molecule has 0 N–H and O–H groups in total. The van der Waals surface area contributed by atoms with E-state index < -0.39 is 0 Å². The summed E-state index contributed by atoms with van der Waals surface area (Å²) in [5.41, 5.74) is 2.20. The highest BCUT2D eigenvalue weighted by Crippen LogP contribution is 2.23. The molecule has 0 amide bonds. The fourth-order valence-electron chi connectivity index (χ4n) is 2.51. The Kier molecular flexibility index (Phi) is 3.92. The molecule has 1 unspecified atom stereocenters. The second-order valence-corrected chi connectivity index (χ2v) is 5.31. The number of benzene rings is 1. The van der Waals surface area contributed by atoms with Gasteiger partial charge in [0.25, 0.3) is 0 Å². The van der Waals surface area contributed by atoms with Gasteiger partial charge in [-0.3, -0.25) is 4.79 Å². The summed E-state index contributed by atoms with van der Waals surface area (Å²) in [4.78, 5) is 13.1. The Hall–Kier alpha value is -2.27. The molecule has 1 fully saturated rings. The molecule has 2 heterocycles. The van der Waals surface area contributed by atoms with Crippen LogP contribution in [0.5, 0.6) is 5.75 Å². The van der Waals surface area contributed by atoms with Gasteiger partial charge in [0.2, 0.25) is 0 Å². The number of hydrogen-bond acceptors (Lipinski definition) is 5. The Morgan fingerprint density at radius 1 is 1.38 bits per heavy atom. The van der Waals surface area contributed by atoms with Gasteiger partial charge in [-0.1, -0.05) is 18.2 Å². The Balaban J connectivity index is 1.80. The van der Waals surface area contributed by atoms with Gasteiger partial charge in [0.1, 0.15) is 18.1 Å². The van der Waals surface area contributed by atoms with E-state index in [0.717, 1.165) is 37.1 Å². The molecule has 108 valence electrons. The van der Waals surface area contributed by atoms with Gasteiger partial charge in [-0.15, -0.1) is 0 Å². The summed E-state index contributed by atoms with van der Waals surface area (Å²) in [6.07, 6.45) is 3.68. The summed E-state index contributed by atoms with van der Waals surface area (Å²) in [7, 11) is 2.09. The number of aromatic nitrogens is 2. The molecule has 2 aromatic rings. The summed E-state index contributed by atoms with van der Waals surface area (Å²) in [6.45, 7) is 1.98. The van der Waals surface area contributed by atoms with E-state index in [4.69, 9.17) is 4.74 Å². The molecule has 0 saturated carbocycles. The zero-order chi connectivity index (χ0) is 14.7. The van der Waals surface area contributed by atoms with Crippen LogP contribution in [0, 0.1) is 0 Å². The SMILES string of the molecule is CN1CCC(Oc2cnnc(-c3cccc(C=O)c3)c2)C1. The van der Waals surface area contributed by atoms with Crippen molar-refractivity contribution in [2.45, 2.75) is 12.5 Å². The van der Waals surface area contributed by atoms with Crippen LogP contribution < -0.4 is 4.74 Å². The first-order chi connectivity index (χ1) is 10.2. The largest absolute Gasteiger partial charge is 0.487 e. The molecule has 5 heteroatoms. The molecule has 0 aliphatic carbocycles. The number of likely N-dealkylation sites (tertiary alicyclic amines) is 1. The van der Waals surface area contributed by atoms with Crippen molar-refractivity contribution in [3.05, 3.63) is 42.1 Å². The summed E-state index contributed by atoms with van der Waals surface area (Å²) >= 11 is 0. The van der Waals surface area contributed by atoms with Crippen molar-refractivity contribution in [3.63, 3.8) is 0 Å². The summed E-state index contributed by atoms with van der Waals surface area (Å²) in [5, 5.41) is 8.12. The van der Waals surface area contributed by atoms with Crippen molar-refractivity contribution in [1.29, 1.82) is 0 Å². The molecule has 1 atom stereocenters. The lowest BCUT2D eigenvalue weighted by Crippen LogP contribution is -2.21. The molecule has 21 heavy (non-hydrogen) atoms. The first-order valence-electron chi connectivity index (χ1n) is 6.98. The van der Waals surface area contributed by atoms with E-state index >= 15 is 0 Å². The van der Waals surface area contributed by atoms with Crippen molar-refractivity contribution >= 4 is 6.29 Å². The minimum atomic E-state index is 0.202. The number of hydrogen-bond donors (Lipinski definition) is 0. The minimum absolute atomic E-state index is 0.202. The number of carbonyl (C=O) groups excluding carboxylic acids is 1. The van der Waals surface area contributed by atoms with Gasteiger partial charge < -0.3 is 9.64 Å². The third-order valence-corrected chi connectivity index (χ3v) is 3.60. The molecule has 1 aromatic heterocycles. The molecule has 1 aliphatic heterocycles. The normalized spacial score (nSPS) is 18.6. The summed E-state index contributed by atoms with van der Waals surface area (Å²) in [6, 6.07) is 9.17. The van der Waals surface area contributed by atoms with Gasteiger partial charge in [-0.25, -0.2) is 0 Å². The minimum Gasteiger partial charge on any atom is -0.487 e. The Morgan fingerprint density at radius 2 is 2.29 bits per heavy atom. The van der Waals surface area contributed by atoms with Crippen molar-refractivity contribution in [2.75, 3.05) is 20.1 Å². The van der Waals surface area contributed by atoms with Gasteiger partial charge in [-0.2, -0.15) is 10.2 Å². The molecule has 1 aromatic carbocycles. The smallest absolute Gasteiger partial charge is 0.150 e. The van der Waals surface area contributed by atoms with Crippen LogP contribution in [0.25, 0.3) is 11.3 Å². The topological polar surface area (TPSA) is 55.3 Å². The lowest BCUT2D eigenvalue weighted by atomic mass is 10.1. The monoisotopic (exact) mass is 283 g/mol. The van der Waals surface area contributed by atoms with Crippen LogP contribution in [-0.4, -0.2) is 47.6 Å². The maximum absolute atomic E-state index is 10.9. The molecule has 1 saturated heterocycles. The number of ether oxygens (including phenoxy) is 1. The van der Waals surface area contributed by atoms with E-state index in [1.54, 1.807) is 18.3 Å². The first kappa shape index (κ1) is 13.7. The maximum atomic E-state index is 10.9. The standard InChI is InChI=1S/C16H17N3O2/c1-19-6-5-14(10-19)21-15-8-16(18-17-9-15)13-4-2-3-12(7-13)11-20/h2-4,7-9,11,14H,5-6,10H2,1H3. The van der Waals surface area contributed by atoms with Crippen LogP contribution in [0.15, 0.2) is 36.5 Å². The van der Waals surface area contributed by atoms with Gasteiger partial charge in [0.15, 0.2) is 0 Å². The Bertz CT molecular complexity index is 645. The highest BCUT2D eigenvalue weighted by atomic mass is 16.5. The number of nitrogens with zero attached hydrogens (tertiary/aromatic N) is 3. The molecule has 0 bridgehead atoms. The Morgan fingerprint density at radius 3 is 3.05 bits per heavy atom. The third-order valence-electron chi connectivity index (χ3n) is 3.60. The van der Waals surface area contributed by atoms with Gasteiger partial charge in [-0.05, 0) is 19.5 Å². The first-order valence-corrected chi connectivity index (χ1v) is 6.98. The van der Waals surface area contributed by atoms with Gasteiger partial charge in [0, 0.05) is 30.3 Å². The fourth-order valence-corrected chi connectivity index (χ4v) is 2.51. The van der Waals surface area contributed by atoms with Crippen LogP contribution in [0.4, 0.5) is 0 Å². The molecule has 3 rings (SSSR count). The zero-order valence-corrected chi connectivity index (χ0v) is 11.9. The maximum Gasteiger partial charge on any atom is 0.150 e. The highest BCUT2D eigenvalue weighted by molar-refractivity contribution is 5.78. The predicted molar refractivity (Wildman–Crippen MR) is 79.4 cm³/mol. The molecular weight excluding hydrogens is 266 g/mol. The lowest BCUT2D eigenvalue weighted by Gasteiger charge is -2.13. The Labute approximate surface area is 123 Å². The van der Waals surface area contributed by atoms with Crippen LogP contribution in [-0.2, 0) is 0 Å². The van der Waals surface area contributed by atoms with Crippen molar-refractivity contribution in [1.82, 2.24) is 15.1 Å². The van der Waals surface area contributed by atoms with Crippen LogP contribution in [0.2, 0.25) is 0 Å². The average Bonchev–Trinajstić information content (AvgIpc) is 2.93. The van der Waals surface area contributed by atoms with Crippen LogP contribution in [0.1, 0.15) is 16.8 Å². The molecular formula is C16H17N3O2. The molecule has 0 spiro atoms. The van der Waals surface area contributed by atoms with Crippen LogP contribution >= 0.6 is 0 Å². The van der Waals surface area contributed by atoms with E-state index in [9.17, 15) is 4.79 Å². The van der Waals surface area contributed by atoms with Gasteiger partial charge in [0.05, 0.1) is 11.9 Å². The van der Waals surface area contributed by atoms with E-state index in [1.807, 2.05) is 18.2 Å². The molecule has 5 nitrogen and oxygen atoms in total. The third kappa shape index (κ3) is 3.25. The summed E-state index contributed by atoms with van der Waals surface area (Å²) < 4.78 is 5.95. The average molecular weight is 283 g/mol. The van der Waals surface area contributed by atoms with Crippen LogP contribution in [0.3, 0.4) is 0 Å². The summed E-state index contributed by atoms with van der Waals surface area (Å²) in [5.74, 6) is 0.719.